The second-order valence-electron chi connectivity index (χ2n) is 16.6. The predicted octanol–water partition coefficient (Wildman–Crippen LogP) is 15.3. The number of fused-ring (bicyclic) bond motifs is 9. The van der Waals surface area contributed by atoms with Gasteiger partial charge in [-0.25, -0.2) is 9.97 Å². The maximum absolute atomic E-state index is 6.62. The lowest BCUT2D eigenvalue weighted by atomic mass is 9.80. The lowest BCUT2D eigenvalue weighted by Gasteiger charge is -2.23. The molecule has 2 heterocycles. The first kappa shape index (κ1) is 34.4. The Morgan fingerprint density at radius 1 is 0.383 bits per heavy atom. The van der Waals surface area contributed by atoms with Gasteiger partial charge in [-0.3, -0.25) is 0 Å². The van der Waals surface area contributed by atoms with Gasteiger partial charge in [-0.05, 0) is 103 Å². The summed E-state index contributed by atoms with van der Waals surface area (Å²) in [6, 6.07) is 69.5. The third-order valence-corrected chi connectivity index (χ3v) is 12.6. The van der Waals surface area contributed by atoms with Gasteiger partial charge in [-0.2, -0.15) is 0 Å². The molecule has 0 radical (unpaired) electrons. The van der Waals surface area contributed by atoms with Crippen LogP contribution in [0.2, 0.25) is 0 Å². The highest BCUT2D eigenvalue weighted by Crippen LogP contribution is 2.52. The second-order valence-corrected chi connectivity index (χ2v) is 16.6. The number of para-hydroxylation sites is 2. The smallest absolute Gasteiger partial charge is 0.160 e. The van der Waals surface area contributed by atoms with Crippen molar-refractivity contribution in [1.29, 1.82) is 0 Å². The van der Waals surface area contributed by atoms with E-state index in [0.29, 0.717) is 5.82 Å². The predicted molar refractivity (Wildman–Crippen MR) is 249 cm³/mol. The van der Waals surface area contributed by atoms with Crippen molar-refractivity contribution in [2.75, 3.05) is 0 Å². The van der Waals surface area contributed by atoms with Gasteiger partial charge in [0.1, 0.15) is 11.2 Å². The third kappa shape index (κ3) is 5.43. The van der Waals surface area contributed by atoms with E-state index >= 15 is 0 Å². The number of nitrogens with zero attached hydrogens (tertiary/aromatic N) is 2. The van der Waals surface area contributed by atoms with Gasteiger partial charge in [0.25, 0.3) is 0 Å². The Morgan fingerprint density at radius 2 is 1.03 bits per heavy atom. The summed E-state index contributed by atoms with van der Waals surface area (Å²) in [6.07, 6.45) is 0. The van der Waals surface area contributed by atoms with Gasteiger partial charge < -0.3 is 4.42 Å². The maximum atomic E-state index is 6.62. The fraction of sp³-hybridized carbons (Fsp3) is 0.0526. The summed E-state index contributed by atoms with van der Waals surface area (Å²) < 4.78 is 6.62. The number of hydrogen-bond donors (Lipinski definition) is 0. The van der Waals surface area contributed by atoms with Crippen LogP contribution >= 0.6 is 0 Å². The van der Waals surface area contributed by atoms with Crippen molar-refractivity contribution in [2.24, 2.45) is 0 Å². The Labute approximate surface area is 348 Å². The molecular formula is C57H38N2O. The van der Waals surface area contributed by atoms with Crippen LogP contribution in [-0.4, -0.2) is 9.97 Å². The zero-order valence-electron chi connectivity index (χ0n) is 33.3. The Bertz CT molecular complexity index is 3520. The van der Waals surface area contributed by atoms with Gasteiger partial charge in [0.2, 0.25) is 0 Å². The van der Waals surface area contributed by atoms with Gasteiger partial charge in [0, 0.05) is 38.4 Å². The van der Waals surface area contributed by atoms with E-state index in [1.54, 1.807) is 0 Å². The molecule has 0 amide bonds. The molecule has 11 aromatic rings. The van der Waals surface area contributed by atoms with E-state index in [4.69, 9.17) is 14.4 Å². The standard InChI is InChI=1S/C57H38N2O/c1-57(2)50-33-40(26-27-46(50)48-28-25-36-14-8-9-18-44(36)54(48)57)51-34-52(59-56(58-51)37-15-4-3-5-16-37)43-31-41(39-24-23-35-13-6-7-17-38(35)29-39)30-42(32-43)45-20-12-21-49-47-19-10-11-22-53(47)60-55(45)49/h3-34H,1-2H3. The number of hydrogen-bond acceptors (Lipinski definition) is 3. The molecule has 0 unspecified atom stereocenters. The molecule has 12 rings (SSSR count). The average molecular weight is 767 g/mol. The quantitative estimate of drug-likeness (QED) is 0.175. The summed E-state index contributed by atoms with van der Waals surface area (Å²) in [5, 5.41) is 7.22. The first-order valence-electron chi connectivity index (χ1n) is 20.6. The zero-order valence-corrected chi connectivity index (χ0v) is 33.3. The van der Waals surface area contributed by atoms with Crippen molar-refractivity contribution in [3.8, 4) is 67.3 Å². The highest BCUT2D eigenvalue weighted by molar-refractivity contribution is 6.10. The van der Waals surface area contributed by atoms with Crippen LogP contribution in [0.3, 0.4) is 0 Å². The van der Waals surface area contributed by atoms with Gasteiger partial charge in [-0.1, -0.05) is 166 Å². The van der Waals surface area contributed by atoms with E-state index in [1.165, 1.54) is 43.8 Å². The monoisotopic (exact) mass is 766 g/mol. The third-order valence-electron chi connectivity index (χ3n) is 12.6. The second kappa shape index (κ2) is 13.2. The molecule has 2 aromatic heterocycles. The average Bonchev–Trinajstić information content (AvgIpc) is 3.80. The molecule has 3 heteroatoms. The number of benzene rings is 9. The van der Waals surface area contributed by atoms with E-state index in [9.17, 15) is 0 Å². The molecule has 0 N–H and O–H groups in total. The van der Waals surface area contributed by atoms with Crippen molar-refractivity contribution in [3.63, 3.8) is 0 Å². The van der Waals surface area contributed by atoms with Gasteiger partial charge in [0.15, 0.2) is 5.82 Å². The minimum Gasteiger partial charge on any atom is -0.455 e. The molecule has 0 spiro atoms. The summed E-state index contributed by atoms with van der Waals surface area (Å²) in [5.41, 5.74) is 16.0. The molecule has 1 aliphatic rings. The number of rotatable bonds is 5. The highest BCUT2D eigenvalue weighted by atomic mass is 16.3. The molecule has 9 aromatic carbocycles. The van der Waals surface area contributed by atoms with Gasteiger partial charge >= 0.3 is 0 Å². The van der Waals surface area contributed by atoms with Crippen LogP contribution < -0.4 is 0 Å². The normalized spacial score (nSPS) is 13.0. The lowest BCUT2D eigenvalue weighted by Crippen LogP contribution is -2.15. The van der Waals surface area contributed by atoms with E-state index in [0.717, 1.165) is 72.3 Å². The Kier molecular flexibility index (Phi) is 7.58. The molecule has 0 fully saturated rings. The van der Waals surface area contributed by atoms with Crippen molar-refractivity contribution in [3.05, 3.63) is 205 Å². The molecule has 1 aliphatic carbocycles. The first-order chi connectivity index (χ1) is 29.5. The van der Waals surface area contributed by atoms with E-state index in [2.05, 4.69) is 190 Å². The highest BCUT2D eigenvalue weighted by Gasteiger charge is 2.37. The summed E-state index contributed by atoms with van der Waals surface area (Å²) in [5.74, 6) is 0.689. The zero-order chi connectivity index (χ0) is 40.0. The molecule has 0 aliphatic heterocycles. The van der Waals surface area contributed by atoms with Crippen molar-refractivity contribution in [1.82, 2.24) is 9.97 Å². The fourth-order valence-electron chi connectivity index (χ4n) is 9.66. The first-order valence-corrected chi connectivity index (χ1v) is 20.6. The largest absolute Gasteiger partial charge is 0.455 e. The van der Waals surface area contributed by atoms with Crippen LogP contribution in [0.25, 0.3) is 111 Å². The lowest BCUT2D eigenvalue weighted by molar-refractivity contribution is 0.666. The fourth-order valence-corrected chi connectivity index (χ4v) is 9.66. The van der Waals surface area contributed by atoms with Crippen LogP contribution in [0, 0.1) is 0 Å². The molecule has 282 valence electrons. The molecule has 0 saturated carbocycles. The minimum absolute atomic E-state index is 0.194. The van der Waals surface area contributed by atoms with Crippen molar-refractivity contribution in [2.45, 2.75) is 19.3 Å². The van der Waals surface area contributed by atoms with Crippen LogP contribution in [0.4, 0.5) is 0 Å². The van der Waals surface area contributed by atoms with Crippen molar-refractivity contribution >= 4 is 43.5 Å². The molecule has 0 atom stereocenters. The van der Waals surface area contributed by atoms with Crippen LogP contribution in [0.1, 0.15) is 25.0 Å². The summed E-state index contributed by atoms with van der Waals surface area (Å²) in [7, 11) is 0. The molecule has 0 bridgehead atoms. The maximum Gasteiger partial charge on any atom is 0.160 e. The van der Waals surface area contributed by atoms with Crippen LogP contribution in [0.5, 0.6) is 0 Å². The number of furan rings is 1. The summed E-state index contributed by atoms with van der Waals surface area (Å²) in [4.78, 5) is 10.7. The van der Waals surface area contributed by atoms with Gasteiger partial charge in [0.05, 0.1) is 11.4 Å². The SMILES string of the molecule is CC1(C)c2cc(-c3cc(-c4cc(-c5ccc6ccccc6c5)cc(-c5cccc6c5oc5ccccc56)c4)nc(-c4ccccc4)n3)ccc2-c2ccc3ccccc3c21. The molecule has 60 heavy (non-hydrogen) atoms. The van der Waals surface area contributed by atoms with E-state index < -0.39 is 0 Å². The van der Waals surface area contributed by atoms with Crippen LogP contribution in [-0.2, 0) is 5.41 Å². The Balaban J connectivity index is 1.07. The minimum atomic E-state index is -0.194. The summed E-state index contributed by atoms with van der Waals surface area (Å²) >= 11 is 0. The van der Waals surface area contributed by atoms with Gasteiger partial charge in [-0.15, -0.1) is 0 Å². The van der Waals surface area contributed by atoms with E-state index in [1.807, 2.05) is 18.2 Å². The molecular weight excluding hydrogens is 729 g/mol. The van der Waals surface area contributed by atoms with E-state index in [-0.39, 0.29) is 5.41 Å². The molecule has 0 saturated heterocycles. The van der Waals surface area contributed by atoms with Crippen molar-refractivity contribution < 1.29 is 4.42 Å². The Morgan fingerprint density at radius 3 is 1.90 bits per heavy atom. The molecule has 3 nitrogen and oxygen atoms in total. The van der Waals surface area contributed by atoms with Crippen LogP contribution in [0.15, 0.2) is 199 Å². The topological polar surface area (TPSA) is 38.9 Å². The summed E-state index contributed by atoms with van der Waals surface area (Å²) in [6.45, 7) is 4.72. The number of aromatic nitrogens is 2. The Hall–Kier alpha value is -7.62.